The lowest BCUT2D eigenvalue weighted by Gasteiger charge is -2.13. The number of carbonyl (C=O) groups is 1. The van der Waals surface area contributed by atoms with Crippen LogP contribution in [-0.2, 0) is 17.6 Å². The molecule has 0 aliphatic heterocycles. The first-order valence-corrected chi connectivity index (χ1v) is 10.4. The zero-order valence-corrected chi connectivity index (χ0v) is 17.1. The van der Waals surface area contributed by atoms with E-state index in [-0.39, 0.29) is 11.8 Å². The zero-order valence-electron chi connectivity index (χ0n) is 15.5. The summed E-state index contributed by atoms with van der Waals surface area (Å²) in [6, 6.07) is 4.50. The summed E-state index contributed by atoms with van der Waals surface area (Å²) in [6.07, 6.45) is 5.22. The number of nitrogens with one attached hydrogen (secondary N) is 2. The van der Waals surface area contributed by atoms with Crippen LogP contribution in [0.25, 0.3) is 0 Å². The molecule has 7 heteroatoms. The Morgan fingerprint density at radius 2 is 2.04 bits per heavy atom. The van der Waals surface area contributed by atoms with Crippen LogP contribution in [0.5, 0.6) is 0 Å². The predicted octanol–water partition coefficient (Wildman–Crippen LogP) is 5.45. The van der Waals surface area contributed by atoms with Crippen molar-refractivity contribution in [1.82, 2.24) is 0 Å². The number of hydrogen-bond donors (Lipinski definition) is 2. The average Bonchev–Trinajstić information content (AvgIpc) is 2.79. The van der Waals surface area contributed by atoms with Crippen LogP contribution < -0.4 is 10.6 Å². The Morgan fingerprint density at radius 3 is 2.81 bits per heavy atom. The molecule has 1 aromatic heterocycles. The van der Waals surface area contributed by atoms with E-state index >= 15 is 0 Å². The summed E-state index contributed by atoms with van der Waals surface area (Å²) in [7, 11) is 0. The van der Waals surface area contributed by atoms with Gasteiger partial charge in [0.15, 0.2) is 5.11 Å². The quantitative estimate of drug-likeness (QED) is 0.402. The molecule has 4 nitrogen and oxygen atoms in total. The monoisotopic (exact) mass is 406 g/mol. The van der Waals surface area contributed by atoms with Gasteiger partial charge in [-0.05, 0) is 75.0 Å². The third kappa shape index (κ3) is 4.65. The van der Waals surface area contributed by atoms with Crippen molar-refractivity contribution >= 4 is 45.3 Å². The molecule has 1 heterocycles. The number of hydrogen-bond acceptors (Lipinski definition) is 4. The molecule has 3 rings (SSSR count). The van der Waals surface area contributed by atoms with Crippen molar-refractivity contribution in [2.75, 3.05) is 17.2 Å². The van der Waals surface area contributed by atoms with Crippen molar-refractivity contribution in [3.05, 3.63) is 45.6 Å². The molecule has 27 heavy (non-hydrogen) atoms. The highest BCUT2D eigenvalue weighted by atomic mass is 32.1. The fourth-order valence-corrected chi connectivity index (χ4v) is 4.79. The summed E-state index contributed by atoms with van der Waals surface area (Å²) >= 11 is 6.97. The third-order valence-electron chi connectivity index (χ3n) is 4.58. The van der Waals surface area contributed by atoms with Gasteiger partial charge in [-0.2, -0.15) is 0 Å². The van der Waals surface area contributed by atoms with Gasteiger partial charge in [0, 0.05) is 10.6 Å². The van der Waals surface area contributed by atoms with Crippen molar-refractivity contribution in [1.29, 1.82) is 0 Å². The summed E-state index contributed by atoms with van der Waals surface area (Å²) in [4.78, 5) is 13.8. The van der Waals surface area contributed by atoms with Crippen molar-refractivity contribution in [2.24, 2.45) is 0 Å². The van der Waals surface area contributed by atoms with Gasteiger partial charge in [0.2, 0.25) is 0 Å². The van der Waals surface area contributed by atoms with E-state index < -0.39 is 0 Å². The number of benzene rings is 1. The smallest absolute Gasteiger partial charge is 0.341 e. The summed E-state index contributed by atoms with van der Waals surface area (Å²) in [6.45, 7) is 4.00. The lowest BCUT2D eigenvalue weighted by Crippen LogP contribution is -2.21. The second kappa shape index (κ2) is 8.80. The van der Waals surface area contributed by atoms with Gasteiger partial charge in [-0.1, -0.05) is 12.5 Å². The van der Waals surface area contributed by atoms with Gasteiger partial charge in [-0.3, -0.25) is 0 Å². The van der Waals surface area contributed by atoms with Gasteiger partial charge in [-0.15, -0.1) is 11.3 Å². The minimum atomic E-state index is -0.332. The average molecular weight is 407 g/mol. The highest BCUT2D eigenvalue weighted by Gasteiger charge is 2.26. The minimum Gasteiger partial charge on any atom is -0.462 e. The second-order valence-corrected chi connectivity index (χ2v) is 8.04. The Labute approximate surface area is 168 Å². The molecular formula is C20H23FN2O2S2. The van der Waals surface area contributed by atoms with E-state index in [0.29, 0.717) is 28.0 Å². The Kier molecular flexibility index (Phi) is 6.44. The molecule has 2 aromatic rings. The number of fused-ring (bicyclic) bond motifs is 1. The molecule has 144 valence electrons. The molecule has 0 atom stereocenters. The second-order valence-electron chi connectivity index (χ2n) is 6.53. The molecule has 0 bridgehead atoms. The predicted molar refractivity (Wildman–Crippen MR) is 113 cm³/mol. The summed E-state index contributed by atoms with van der Waals surface area (Å²) < 4.78 is 18.8. The summed E-state index contributed by atoms with van der Waals surface area (Å²) in [5, 5.41) is 7.19. The van der Waals surface area contributed by atoms with Crippen LogP contribution >= 0.6 is 23.6 Å². The standard InChI is InChI=1S/C20H23FN2O2S2/c1-3-25-19(24)17-14-7-5-4-6-8-16(14)27-18(17)23-20(26)22-15-11-13(21)10-9-12(15)2/h9-11H,3-8H2,1-2H3,(H2,22,23,26). The number of ether oxygens (including phenoxy) is 1. The largest absolute Gasteiger partial charge is 0.462 e. The first-order chi connectivity index (χ1) is 13.0. The maximum atomic E-state index is 13.5. The summed E-state index contributed by atoms with van der Waals surface area (Å²) in [5.41, 5.74) is 3.17. The normalized spacial score (nSPS) is 13.4. The highest BCUT2D eigenvalue weighted by Crippen LogP contribution is 2.38. The molecule has 0 amide bonds. The molecule has 1 aliphatic rings. The van der Waals surface area contributed by atoms with E-state index in [0.717, 1.165) is 36.8 Å². The molecule has 1 aromatic carbocycles. The molecule has 0 spiro atoms. The van der Waals surface area contributed by atoms with Crippen LogP contribution in [0.1, 0.15) is 52.5 Å². The number of aryl methyl sites for hydroxylation is 2. The lowest BCUT2D eigenvalue weighted by molar-refractivity contribution is 0.0527. The van der Waals surface area contributed by atoms with Crippen molar-refractivity contribution in [3.8, 4) is 0 Å². The lowest BCUT2D eigenvalue weighted by atomic mass is 10.1. The van der Waals surface area contributed by atoms with Crippen molar-refractivity contribution in [2.45, 2.75) is 46.0 Å². The fourth-order valence-electron chi connectivity index (χ4n) is 3.24. The molecule has 0 saturated carbocycles. The van der Waals surface area contributed by atoms with E-state index in [9.17, 15) is 9.18 Å². The molecular weight excluding hydrogens is 383 g/mol. The number of carbonyl (C=O) groups excluding carboxylic acids is 1. The third-order valence-corrected chi connectivity index (χ3v) is 5.99. The van der Waals surface area contributed by atoms with Crippen LogP contribution in [0.3, 0.4) is 0 Å². The van der Waals surface area contributed by atoms with Gasteiger partial charge in [-0.25, -0.2) is 9.18 Å². The van der Waals surface area contributed by atoms with Crippen LogP contribution in [0, 0.1) is 12.7 Å². The van der Waals surface area contributed by atoms with Crippen LogP contribution in [0.2, 0.25) is 0 Å². The van der Waals surface area contributed by atoms with E-state index in [2.05, 4.69) is 10.6 Å². The molecule has 0 saturated heterocycles. The van der Waals surface area contributed by atoms with Crippen LogP contribution in [0.4, 0.5) is 15.1 Å². The Hall–Kier alpha value is -1.99. The Morgan fingerprint density at radius 1 is 1.26 bits per heavy atom. The van der Waals surface area contributed by atoms with Gasteiger partial charge < -0.3 is 15.4 Å². The first-order valence-electron chi connectivity index (χ1n) is 9.15. The molecule has 1 aliphatic carbocycles. The zero-order chi connectivity index (χ0) is 19.4. The first kappa shape index (κ1) is 19.8. The topological polar surface area (TPSA) is 50.4 Å². The van der Waals surface area contributed by atoms with Gasteiger partial charge >= 0.3 is 5.97 Å². The molecule has 0 radical (unpaired) electrons. The number of halogens is 1. The van der Waals surface area contributed by atoms with E-state index in [1.165, 1.54) is 23.4 Å². The maximum Gasteiger partial charge on any atom is 0.341 e. The van der Waals surface area contributed by atoms with E-state index in [1.807, 2.05) is 6.92 Å². The van der Waals surface area contributed by atoms with Gasteiger partial charge in [0.1, 0.15) is 10.8 Å². The number of esters is 1. The number of rotatable bonds is 4. The Balaban J connectivity index is 1.86. The highest BCUT2D eigenvalue weighted by molar-refractivity contribution is 7.80. The minimum absolute atomic E-state index is 0.316. The fraction of sp³-hybridized carbons (Fsp3) is 0.400. The Bertz CT molecular complexity index is 864. The number of anilines is 2. The molecule has 0 fully saturated rings. The van der Waals surface area contributed by atoms with Crippen LogP contribution in [-0.4, -0.2) is 17.7 Å². The SMILES string of the molecule is CCOC(=O)c1c(NC(=S)Nc2cc(F)ccc2C)sc2c1CCCCC2. The van der Waals surface area contributed by atoms with E-state index in [4.69, 9.17) is 17.0 Å². The number of thiocarbonyl (C=S) groups is 1. The summed E-state index contributed by atoms with van der Waals surface area (Å²) in [5.74, 6) is -0.648. The van der Waals surface area contributed by atoms with E-state index in [1.54, 1.807) is 24.3 Å². The van der Waals surface area contributed by atoms with Crippen LogP contribution in [0.15, 0.2) is 18.2 Å². The maximum absolute atomic E-state index is 13.5. The van der Waals surface area contributed by atoms with Crippen molar-refractivity contribution < 1.29 is 13.9 Å². The molecule has 0 unspecified atom stereocenters. The van der Waals surface area contributed by atoms with Gasteiger partial charge in [0.25, 0.3) is 0 Å². The van der Waals surface area contributed by atoms with Crippen molar-refractivity contribution in [3.63, 3.8) is 0 Å². The van der Waals surface area contributed by atoms with Gasteiger partial charge in [0.05, 0.1) is 12.2 Å². The molecule has 2 N–H and O–H groups in total. The number of thiophene rings is 1.